The Balaban J connectivity index is 0.00000264. The van der Waals surface area contributed by atoms with Crippen LogP contribution in [0.15, 0.2) is 4.99 Å². The number of nitrogens with zero attached hydrogens (tertiary/aromatic N) is 2. The lowest BCUT2D eigenvalue weighted by atomic mass is 9.73. The summed E-state index contributed by atoms with van der Waals surface area (Å²) >= 11 is 0. The van der Waals surface area contributed by atoms with Gasteiger partial charge in [-0.2, -0.15) is 0 Å². The predicted octanol–water partition coefficient (Wildman–Crippen LogP) is 2.75. The third-order valence-electron chi connectivity index (χ3n) is 5.07. The van der Waals surface area contributed by atoms with E-state index in [1.807, 2.05) is 7.05 Å². The van der Waals surface area contributed by atoms with Crippen LogP contribution in [0.5, 0.6) is 0 Å². The van der Waals surface area contributed by atoms with Gasteiger partial charge in [-0.25, -0.2) is 0 Å². The molecule has 1 aliphatic heterocycles. The van der Waals surface area contributed by atoms with E-state index in [-0.39, 0.29) is 29.9 Å². The zero-order chi connectivity index (χ0) is 15.8. The normalized spacial score (nSPS) is 20.3. The van der Waals surface area contributed by atoms with Crippen molar-refractivity contribution in [1.82, 2.24) is 15.5 Å². The number of aliphatic imine (C=N–C) groups is 1. The van der Waals surface area contributed by atoms with Gasteiger partial charge in [0, 0.05) is 39.6 Å². The van der Waals surface area contributed by atoms with Gasteiger partial charge in [0.25, 0.3) is 0 Å². The Morgan fingerprint density at radius 3 is 2.52 bits per heavy atom. The van der Waals surface area contributed by atoms with Crippen molar-refractivity contribution >= 4 is 35.8 Å². The first-order chi connectivity index (χ1) is 10.7. The quantitative estimate of drug-likeness (QED) is 0.396. The highest BCUT2D eigenvalue weighted by Crippen LogP contribution is 2.43. The van der Waals surface area contributed by atoms with Gasteiger partial charge in [0.05, 0.1) is 0 Å². The molecule has 0 atom stereocenters. The molecule has 2 N–H and O–H groups in total. The molecule has 2 fully saturated rings. The molecule has 1 aliphatic carbocycles. The molecule has 0 radical (unpaired) electrons. The van der Waals surface area contributed by atoms with Gasteiger partial charge in [0.2, 0.25) is 5.91 Å². The molecule has 1 spiro atoms. The highest BCUT2D eigenvalue weighted by atomic mass is 127. The van der Waals surface area contributed by atoms with Gasteiger partial charge in [-0.3, -0.25) is 9.79 Å². The van der Waals surface area contributed by atoms with Crippen LogP contribution < -0.4 is 10.6 Å². The van der Waals surface area contributed by atoms with Gasteiger partial charge in [0.15, 0.2) is 5.96 Å². The zero-order valence-corrected chi connectivity index (χ0v) is 17.0. The van der Waals surface area contributed by atoms with Gasteiger partial charge < -0.3 is 15.5 Å². The molecule has 0 aromatic rings. The average molecular weight is 436 g/mol. The summed E-state index contributed by atoms with van der Waals surface area (Å²) in [6, 6.07) is 0. The van der Waals surface area contributed by atoms with E-state index in [1.165, 1.54) is 38.5 Å². The minimum Gasteiger partial charge on any atom is -0.356 e. The summed E-state index contributed by atoms with van der Waals surface area (Å²) in [5, 5.41) is 6.26. The van der Waals surface area contributed by atoms with Crippen molar-refractivity contribution in [2.24, 2.45) is 10.4 Å². The first-order valence-electron chi connectivity index (χ1n) is 8.91. The van der Waals surface area contributed by atoms with Crippen LogP contribution in [0.3, 0.4) is 0 Å². The highest BCUT2D eigenvalue weighted by molar-refractivity contribution is 14.0. The second-order valence-corrected chi connectivity index (χ2v) is 6.81. The van der Waals surface area contributed by atoms with E-state index in [0.29, 0.717) is 18.4 Å². The van der Waals surface area contributed by atoms with Crippen LogP contribution in [0.1, 0.15) is 58.3 Å². The van der Waals surface area contributed by atoms with Crippen LogP contribution >= 0.6 is 24.0 Å². The van der Waals surface area contributed by atoms with Crippen molar-refractivity contribution < 1.29 is 4.79 Å². The SMILES string of the molecule is CCCNC(=O)CCNC(=NC)N1CCC2(CCCCC2)C1.I. The van der Waals surface area contributed by atoms with Crippen molar-refractivity contribution in [3.05, 3.63) is 0 Å². The van der Waals surface area contributed by atoms with Gasteiger partial charge in [-0.15, -0.1) is 24.0 Å². The molecule has 5 nitrogen and oxygen atoms in total. The standard InChI is InChI=1S/C17H32N4O.HI/c1-3-11-19-15(22)7-12-20-16(18-2)21-13-10-17(14-21)8-5-4-6-9-17;/h3-14H2,1-2H3,(H,18,20)(H,19,22);1H. The van der Waals surface area contributed by atoms with E-state index < -0.39 is 0 Å². The summed E-state index contributed by atoms with van der Waals surface area (Å²) in [4.78, 5) is 18.4. The number of rotatable bonds is 5. The Morgan fingerprint density at radius 1 is 1.13 bits per heavy atom. The average Bonchev–Trinajstić information content (AvgIpc) is 2.93. The van der Waals surface area contributed by atoms with Gasteiger partial charge in [-0.05, 0) is 31.1 Å². The van der Waals surface area contributed by atoms with Crippen molar-refractivity contribution in [2.45, 2.75) is 58.3 Å². The van der Waals surface area contributed by atoms with Crippen LogP contribution in [-0.2, 0) is 4.79 Å². The van der Waals surface area contributed by atoms with E-state index >= 15 is 0 Å². The molecule has 1 heterocycles. The molecule has 23 heavy (non-hydrogen) atoms. The minimum atomic E-state index is 0. The smallest absolute Gasteiger partial charge is 0.221 e. The fourth-order valence-corrected chi connectivity index (χ4v) is 3.80. The summed E-state index contributed by atoms with van der Waals surface area (Å²) < 4.78 is 0. The second-order valence-electron chi connectivity index (χ2n) is 6.81. The van der Waals surface area contributed by atoms with Crippen LogP contribution in [0.2, 0.25) is 0 Å². The fraction of sp³-hybridized carbons (Fsp3) is 0.882. The summed E-state index contributed by atoms with van der Waals surface area (Å²) in [7, 11) is 1.84. The van der Waals surface area contributed by atoms with Crippen molar-refractivity contribution in [1.29, 1.82) is 0 Å². The van der Waals surface area contributed by atoms with Gasteiger partial charge in [0.1, 0.15) is 0 Å². The number of carbonyl (C=O) groups excluding carboxylic acids is 1. The van der Waals surface area contributed by atoms with Crippen molar-refractivity contribution in [3.8, 4) is 0 Å². The Morgan fingerprint density at radius 2 is 1.87 bits per heavy atom. The number of amides is 1. The molecule has 2 aliphatic rings. The molecular weight excluding hydrogens is 403 g/mol. The van der Waals surface area contributed by atoms with Crippen LogP contribution in [0, 0.1) is 5.41 Å². The maximum Gasteiger partial charge on any atom is 0.221 e. The molecule has 1 amide bonds. The van der Waals surface area contributed by atoms with E-state index in [4.69, 9.17) is 0 Å². The number of nitrogens with one attached hydrogen (secondary N) is 2. The van der Waals surface area contributed by atoms with E-state index in [1.54, 1.807) is 0 Å². The summed E-state index contributed by atoms with van der Waals surface area (Å²) in [6.07, 6.45) is 9.72. The predicted molar refractivity (Wildman–Crippen MR) is 106 cm³/mol. The first kappa shape index (κ1) is 20.5. The number of guanidine groups is 1. The number of hydrogen-bond acceptors (Lipinski definition) is 2. The van der Waals surface area contributed by atoms with Gasteiger partial charge in [-0.1, -0.05) is 26.2 Å². The Kier molecular flexibility index (Phi) is 9.24. The van der Waals surface area contributed by atoms with Crippen LogP contribution in [0.25, 0.3) is 0 Å². The third kappa shape index (κ3) is 6.12. The zero-order valence-electron chi connectivity index (χ0n) is 14.7. The maximum atomic E-state index is 11.6. The largest absolute Gasteiger partial charge is 0.356 e. The molecule has 0 aromatic carbocycles. The van der Waals surface area contributed by atoms with Crippen molar-refractivity contribution in [3.63, 3.8) is 0 Å². The highest BCUT2D eigenvalue weighted by Gasteiger charge is 2.39. The Hall–Kier alpha value is -0.530. The molecule has 1 saturated carbocycles. The molecule has 2 rings (SSSR count). The number of halogens is 1. The lowest BCUT2D eigenvalue weighted by Crippen LogP contribution is -2.42. The van der Waals surface area contributed by atoms with E-state index in [2.05, 4.69) is 27.4 Å². The van der Waals surface area contributed by atoms with E-state index in [9.17, 15) is 4.79 Å². The molecule has 134 valence electrons. The Bertz CT molecular complexity index is 394. The van der Waals surface area contributed by atoms with E-state index in [0.717, 1.165) is 32.0 Å². The Labute approximate surface area is 158 Å². The molecule has 0 bridgehead atoms. The van der Waals surface area contributed by atoms with Crippen molar-refractivity contribution in [2.75, 3.05) is 33.2 Å². The summed E-state index contributed by atoms with van der Waals surface area (Å²) in [5.41, 5.74) is 0.536. The number of hydrogen-bond donors (Lipinski definition) is 2. The summed E-state index contributed by atoms with van der Waals surface area (Å²) in [6.45, 7) is 5.72. The molecular formula is C17H33IN4O. The molecule has 1 saturated heterocycles. The second kappa shape index (κ2) is 10.4. The molecule has 0 aromatic heterocycles. The number of likely N-dealkylation sites (tertiary alicyclic amines) is 1. The topological polar surface area (TPSA) is 56.7 Å². The molecule has 6 heteroatoms. The first-order valence-corrected chi connectivity index (χ1v) is 8.91. The maximum absolute atomic E-state index is 11.6. The third-order valence-corrected chi connectivity index (χ3v) is 5.07. The fourth-order valence-electron chi connectivity index (χ4n) is 3.80. The molecule has 0 unspecified atom stereocenters. The van der Waals surface area contributed by atoms with Crippen LogP contribution in [0.4, 0.5) is 0 Å². The number of carbonyl (C=O) groups is 1. The minimum absolute atomic E-state index is 0. The van der Waals surface area contributed by atoms with Crippen LogP contribution in [-0.4, -0.2) is 50.0 Å². The lowest BCUT2D eigenvalue weighted by molar-refractivity contribution is -0.120. The lowest BCUT2D eigenvalue weighted by Gasteiger charge is -2.33. The van der Waals surface area contributed by atoms with Gasteiger partial charge >= 0.3 is 0 Å². The summed E-state index contributed by atoms with van der Waals surface area (Å²) in [5.74, 6) is 1.08. The monoisotopic (exact) mass is 436 g/mol.